The third kappa shape index (κ3) is 11.4. The molecule has 0 aromatic carbocycles. The van der Waals surface area contributed by atoms with Crippen LogP contribution in [0.15, 0.2) is 0 Å². The van der Waals surface area contributed by atoms with Gasteiger partial charge in [0.25, 0.3) is 0 Å². The normalized spacial score (nSPS) is 11.9. The van der Waals surface area contributed by atoms with Crippen LogP contribution in [0.3, 0.4) is 0 Å². The Morgan fingerprint density at radius 3 is 2.13 bits per heavy atom. The molecule has 0 saturated carbocycles. The molecular weight excluding hydrogens is 192 g/mol. The van der Waals surface area contributed by atoms with E-state index in [4.69, 9.17) is 10.2 Å². The second kappa shape index (κ2) is 11.5. The molecule has 0 aromatic rings. The molecule has 15 heavy (non-hydrogen) atoms. The van der Waals surface area contributed by atoms with E-state index in [0.717, 1.165) is 38.5 Å². The number of hydrogen-bond donors (Lipinski definition) is 3. The molecule has 0 aliphatic carbocycles. The summed E-state index contributed by atoms with van der Waals surface area (Å²) < 4.78 is 0. The Labute approximate surface area is 92.1 Å². The minimum absolute atomic E-state index is 0.122. The van der Waals surface area contributed by atoms with Crippen LogP contribution in [0.2, 0.25) is 0 Å². The van der Waals surface area contributed by atoms with Gasteiger partial charge < -0.3 is 15.3 Å². The van der Waals surface area contributed by atoms with Crippen LogP contribution in [0.5, 0.6) is 0 Å². The van der Waals surface area contributed by atoms with Crippen LogP contribution in [-0.4, -0.2) is 34.6 Å². The fraction of sp³-hybridized carbons (Fsp3) is 0.833. The second-order valence-electron chi connectivity index (χ2n) is 3.59. The van der Waals surface area contributed by atoms with Crippen LogP contribution in [-0.2, 0) is 0 Å². The summed E-state index contributed by atoms with van der Waals surface area (Å²) in [5, 5.41) is 26.5. The van der Waals surface area contributed by atoms with Gasteiger partial charge in [-0.25, -0.2) is 0 Å². The summed E-state index contributed by atoms with van der Waals surface area (Å²) in [7, 11) is 0. The lowest BCUT2D eigenvalue weighted by molar-refractivity contribution is 0.145. The van der Waals surface area contributed by atoms with Gasteiger partial charge in [0.1, 0.15) is 0 Å². The average Bonchev–Trinajstić information content (AvgIpc) is 2.23. The van der Waals surface area contributed by atoms with Crippen molar-refractivity contribution in [1.29, 1.82) is 0 Å². The summed E-state index contributed by atoms with van der Waals surface area (Å²) in [6.45, 7) is 0.330. The van der Waals surface area contributed by atoms with E-state index >= 15 is 0 Å². The molecule has 0 fully saturated rings. The van der Waals surface area contributed by atoms with Gasteiger partial charge in [0, 0.05) is 19.4 Å². The van der Waals surface area contributed by atoms with E-state index in [1.54, 1.807) is 0 Å². The van der Waals surface area contributed by atoms with Crippen molar-refractivity contribution in [3.8, 4) is 11.8 Å². The maximum absolute atomic E-state index is 9.51. The van der Waals surface area contributed by atoms with Crippen LogP contribution >= 0.6 is 0 Å². The summed E-state index contributed by atoms with van der Waals surface area (Å²) >= 11 is 0. The SMILES string of the molecule is OCCC#CCCC[C@H](O)CCCCO. The van der Waals surface area contributed by atoms with Crippen LogP contribution in [0.1, 0.15) is 44.9 Å². The van der Waals surface area contributed by atoms with Gasteiger partial charge in [0.05, 0.1) is 12.7 Å². The molecule has 0 aromatic heterocycles. The first-order valence-electron chi connectivity index (χ1n) is 5.66. The van der Waals surface area contributed by atoms with E-state index in [1.165, 1.54) is 0 Å². The van der Waals surface area contributed by atoms with Gasteiger partial charge in [0.15, 0.2) is 0 Å². The average molecular weight is 214 g/mol. The Morgan fingerprint density at radius 1 is 0.800 bits per heavy atom. The highest BCUT2D eigenvalue weighted by Gasteiger charge is 2.02. The summed E-state index contributed by atoms with van der Waals surface area (Å²) in [6.07, 6.45) is 5.18. The number of hydrogen-bond acceptors (Lipinski definition) is 3. The molecule has 0 amide bonds. The number of aliphatic hydroxyl groups is 3. The molecule has 0 radical (unpaired) electrons. The van der Waals surface area contributed by atoms with Crippen LogP contribution < -0.4 is 0 Å². The largest absolute Gasteiger partial charge is 0.396 e. The van der Waals surface area contributed by atoms with Crippen molar-refractivity contribution in [2.75, 3.05) is 13.2 Å². The van der Waals surface area contributed by atoms with Crippen molar-refractivity contribution in [3.05, 3.63) is 0 Å². The predicted octanol–water partition coefficient (Wildman–Crippen LogP) is 1.07. The van der Waals surface area contributed by atoms with E-state index in [-0.39, 0.29) is 19.3 Å². The van der Waals surface area contributed by atoms with E-state index in [0.29, 0.717) is 6.42 Å². The van der Waals surface area contributed by atoms with Crippen LogP contribution in [0.25, 0.3) is 0 Å². The first-order chi connectivity index (χ1) is 7.31. The topological polar surface area (TPSA) is 60.7 Å². The molecule has 0 spiro atoms. The molecule has 0 unspecified atom stereocenters. The summed E-state index contributed by atoms with van der Waals surface area (Å²) in [5.41, 5.74) is 0. The monoisotopic (exact) mass is 214 g/mol. The van der Waals surface area contributed by atoms with Crippen molar-refractivity contribution in [2.45, 2.75) is 51.0 Å². The summed E-state index contributed by atoms with van der Waals surface area (Å²) in [5.74, 6) is 5.79. The third-order valence-electron chi connectivity index (χ3n) is 2.15. The van der Waals surface area contributed by atoms with Crippen molar-refractivity contribution >= 4 is 0 Å². The molecule has 0 aliphatic heterocycles. The van der Waals surface area contributed by atoms with Crippen LogP contribution in [0.4, 0.5) is 0 Å². The molecule has 0 aliphatic rings. The van der Waals surface area contributed by atoms with E-state index in [1.807, 2.05) is 0 Å². The third-order valence-corrected chi connectivity index (χ3v) is 2.15. The zero-order valence-corrected chi connectivity index (χ0v) is 9.28. The first-order valence-corrected chi connectivity index (χ1v) is 5.66. The van der Waals surface area contributed by atoms with Gasteiger partial charge in [-0.05, 0) is 32.1 Å². The lowest BCUT2D eigenvalue weighted by atomic mass is 10.1. The summed E-state index contributed by atoms with van der Waals surface area (Å²) in [4.78, 5) is 0. The van der Waals surface area contributed by atoms with Crippen molar-refractivity contribution in [1.82, 2.24) is 0 Å². The smallest absolute Gasteiger partial charge is 0.0540 e. The molecule has 3 heteroatoms. The fourth-order valence-corrected chi connectivity index (χ4v) is 1.29. The minimum Gasteiger partial charge on any atom is -0.396 e. The highest BCUT2D eigenvalue weighted by atomic mass is 16.3. The van der Waals surface area contributed by atoms with E-state index < -0.39 is 0 Å². The van der Waals surface area contributed by atoms with Crippen molar-refractivity contribution in [3.63, 3.8) is 0 Å². The highest BCUT2D eigenvalue weighted by Crippen LogP contribution is 2.07. The zero-order valence-electron chi connectivity index (χ0n) is 9.28. The molecule has 0 rings (SSSR count). The Balaban J connectivity index is 3.24. The number of unbranched alkanes of at least 4 members (excludes halogenated alkanes) is 2. The second-order valence-corrected chi connectivity index (χ2v) is 3.59. The molecule has 1 atom stereocenters. The molecule has 3 nitrogen and oxygen atoms in total. The first kappa shape index (κ1) is 14.4. The van der Waals surface area contributed by atoms with Gasteiger partial charge in [0.2, 0.25) is 0 Å². The number of aliphatic hydroxyl groups excluding tert-OH is 3. The van der Waals surface area contributed by atoms with Crippen molar-refractivity contribution < 1.29 is 15.3 Å². The van der Waals surface area contributed by atoms with Gasteiger partial charge in [-0.1, -0.05) is 0 Å². The lowest BCUT2D eigenvalue weighted by Gasteiger charge is -2.07. The Bertz CT molecular complexity index is 181. The maximum Gasteiger partial charge on any atom is 0.0540 e. The molecule has 88 valence electrons. The van der Waals surface area contributed by atoms with Crippen LogP contribution in [0, 0.1) is 11.8 Å². The molecule has 0 heterocycles. The zero-order chi connectivity index (χ0) is 11.4. The highest BCUT2D eigenvalue weighted by molar-refractivity contribution is 4.98. The predicted molar refractivity (Wildman–Crippen MR) is 60.3 cm³/mol. The van der Waals surface area contributed by atoms with E-state index in [2.05, 4.69) is 11.8 Å². The Morgan fingerprint density at radius 2 is 1.47 bits per heavy atom. The number of rotatable bonds is 8. The minimum atomic E-state index is -0.254. The van der Waals surface area contributed by atoms with Gasteiger partial charge >= 0.3 is 0 Å². The molecule has 0 saturated heterocycles. The van der Waals surface area contributed by atoms with E-state index in [9.17, 15) is 5.11 Å². The molecule has 0 bridgehead atoms. The van der Waals surface area contributed by atoms with Gasteiger partial charge in [-0.15, -0.1) is 11.8 Å². The Kier molecular flexibility index (Phi) is 11.1. The maximum atomic E-state index is 9.51. The Hall–Kier alpha value is -0.560. The standard InChI is InChI=1S/C12H22O3/c13-10-6-3-1-2-4-8-12(15)9-5-7-11-14/h12-15H,2,4-11H2/t12-/m0/s1. The summed E-state index contributed by atoms with van der Waals surface area (Å²) in [6, 6.07) is 0. The lowest BCUT2D eigenvalue weighted by Crippen LogP contribution is -2.06. The van der Waals surface area contributed by atoms with Gasteiger partial charge in [-0.3, -0.25) is 0 Å². The molecule has 3 N–H and O–H groups in total. The fourth-order valence-electron chi connectivity index (χ4n) is 1.29. The quantitative estimate of drug-likeness (QED) is 0.418. The van der Waals surface area contributed by atoms with Gasteiger partial charge in [-0.2, -0.15) is 0 Å². The van der Waals surface area contributed by atoms with Crippen molar-refractivity contribution in [2.24, 2.45) is 0 Å². The molecular formula is C12H22O3.